The van der Waals surface area contributed by atoms with Crippen molar-refractivity contribution in [2.75, 3.05) is 5.32 Å². The quantitative estimate of drug-likeness (QED) is 0.702. The number of carbonyl (C=O) groups is 1. The van der Waals surface area contributed by atoms with E-state index in [9.17, 15) is 18.0 Å². The maximum Gasteiger partial charge on any atom is 0.416 e. The fourth-order valence-corrected chi connectivity index (χ4v) is 2.28. The minimum absolute atomic E-state index is 0.109. The highest BCUT2D eigenvalue weighted by Gasteiger charge is 2.29. The maximum atomic E-state index is 12.6. The van der Waals surface area contributed by atoms with E-state index in [-0.39, 0.29) is 18.2 Å². The van der Waals surface area contributed by atoms with Crippen molar-refractivity contribution in [2.45, 2.75) is 19.6 Å². The monoisotopic (exact) mass is 376 g/mol. The Labute approximate surface area is 152 Å². The number of hydrogen-bond donors (Lipinski definition) is 2. The molecule has 0 aliphatic rings. The minimum Gasteiger partial charge on any atom is -0.467 e. The van der Waals surface area contributed by atoms with E-state index >= 15 is 0 Å². The maximum absolute atomic E-state index is 12.6. The Morgan fingerprint density at radius 2 is 1.89 bits per heavy atom. The first-order valence-electron chi connectivity index (χ1n) is 7.92. The van der Waals surface area contributed by atoms with E-state index in [0.717, 1.165) is 12.1 Å². The van der Waals surface area contributed by atoms with Crippen LogP contribution in [0.3, 0.4) is 0 Å². The summed E-state index contributed by atoms with van der Waals surface area (Å²) in [5.74, 6) is 0.280. The zero-order valence-electron chi connectivity index (χ0n) is 14.2. The second-order valence-electron chi connectivity index (χ2n) is 5.68. The molecule has 27 heavy (non-hydrogen) atoms. The highest BCUT2D eigenvalue weighted by Crippen LogP contribution is 2.30. The van der Waals surface area contributed by atoms with Gasteiger partial charge in [-0.15, -0.1) is 0 Å². The lowest BCUT2D eigenvalue weighted by molar-refractivity contribution is -0.137. The predicted molar refractivity (Wildman–Crippen MR) is 91.4 cm³/mol. The largest absolute Gasteiger partial charge is 0.467 e. The van der Waals surface area contributed by atoms with Gasteiger partial charge in [-0.3, -0.25) is 4.79 Å². The molecule has 2 heterocycles. The number of aromatic nitrogens is 2. The zero-order valence-corrected chi connectivity index (χ0v) is 14.2. The van der Waals surface area contributed by atoms with Crippen LogP contribution in [0, 0.1) is 6.92 Å². The molecule has 0 atom stereocenters. The van der Waals surface area contributed by atoms with Crippen LogP contribution in [0.25, 0.3) is 0 Å². The first kappa shape index (κ1) is 18.4. The van der Waals surface area contributed by atoms with Crippen LogP contribution in [-0.4, -0.2) is 15.9 Å². The van der Waals surface area contributed by atoms with Crippen LogP contribution in [0.15, 0.2) is 53.1 Å². The Balaban J connectivity index is 1.72. The number of furan rings is 1. The van der Waals surface area contributed by atoms with E-state index in [1.807, 2.05) is 0 Å². The molecule has 1 aromatic carbocycles. The molecule has 3 rings (SSSR count). The molecule has 6 nitrogen and oxygen atoms in total. The normalized spacial score (nSPS) is 11.3. The van der Waals surface area contributed by atoms with Crippen molar-refractivity contribution in [3.8, 4) is 0 Å². The molecule has 140 valence electrons. The van der Waals surface area contributed by atoms with Gasteiger partial charge in [0.05, 0.1) is 18.4 Å². The molecule has 0 bridgehead atoms. The Morgan fingerprint density at radius 3 is 2.52 bits per heavy atom. The SMILES string of the molecule is Cc1cc(C(=O)NCc2ccco2)nc(Nc2ccc(C(F)(F)F)cc2)n1. The number of carbonyl (C=O) groups excluding carboxylic acids is 1. The van der Waals surface area contributed by atoms with Crippen LogP contribution in [-0.2, 0) is 12.7 Å². The van der Waals surface area contributed by atoms with Crippen molar-refractivity contribution < 1.29 is 22.4 Å². The van der Waals surface area contributed by atoms with Gasteiger partial charge in [-0.1, -0.05) is 0 Å². The summed E-state index contributed by atoms with van der Waals surface area (Å²) in [6.45, 7) is 1.89. The van der Waals surface area contributed by atoms with E-state index in [4.69, 9.17) is 4.42 Å². The molecule has 0 aliphatic heterocycles. The average molecular weight is 376 g/mol. The van der Waals surface area contributed by atoms with Crippen molar-refractivity contribution in [2.24, 2.45) is 0 Å². The minimum atomic E-state index is -4.41. The summed E-state index contributed by atoms with van der Waals surface area (Å²) in [5, 5.41) is 5.47. The van der Waals surface area contributed by atoms with E-state index in [0.29, 0.717) is 17.1 Å². The molecule has 2 N–H and O–H groups in total. The van der Waals surface area contributed by atoms with Crippen LogP contribution in [0.4, 0.5) is 24.8 Å². The number of hydrogen-bond acceptors (Lipinski definition) is 5. The van der Waals surface area contributed by atoms with Crippen molar-refractivity contribution in [3.05, 3.63) is 71.4 Å². The predicted octanol–water partition coefficient (Wildman–Crippen LogP) is 4.07. The molecule has 0 radical (unpaired) electrons. The molecule has 0 aliphatic carbocycles. The van der Waals surface area contributed by atoms with Crippen LogP contribution in [0.1, 0.15) is 27.5 Å². The first-order valence-corrected chi connectivity index (χ1v) is 7.92. The number of halogens is 3. The molecule has 0 saturated carbocycles. The zero-order chi connectivity index (χ0) is 19.4. The van der Waals surface area contributed by atoms with Gasteiger partial charge in [0.15, 0.2) is 0 Å². The number of nitrogens with zero attached hydrogens (tertiary/aromatic N) is 2. The van der Waals surface area contributed by atoms with Gasteiger partial charge in [-0.2, -0.15) is 13.2 Å². The summed E-state index contributed by atoms with van der Waals surface area (Å²) in [4.78, 5) is 20.5. The Morgan fingerprint density at radius 1 is 1.15 bits per heavy atom. The van der Waals surface area contributed by atoms with Gasteiger partial charge in [0.25, 0.3) is 5.91 Å². The highest BCUT2D eigenvalue weighted by molar-refractivity contribution is 5.92. The number of amides is 1. The van der Waals surface area contributed by atoms with Crippen LogP contribution in [0.2, 0.25) is 0 Å². The molecule has 2 aromatic heterocycles. The average Bonchev–Trinajstić information content (AvgIpc) is 3.12. The molecule has 9 heteroatoms. The standard InChI is InChI=1S/C18H15F3N4O2/c1-11-9-15(16(26)22-10-14-3-2-8-27-14)25-17(23-11)24-13-6-4-12(5-7-13)18(19,20)21/h2-9H,10H2,1H3,(H,22,26)(H,23,24,25). The second-order valence-corrected chi connectivity index (χ2v) is 5.68. The molecule has 1 amide bonds. The number of benzene rings is 1. The molecule has 0 fully saturated rings. The Hall–Kier alpha value is -3.36. The second kappa shape index (κ2) is 7.48. The lowest BCUT2D eigenvalue weighted by atomic mass is 10.2. The molecular weight excluding hydrogens is 361 g/mol. The smallest absolute Gasteiger partial charge is 0.416 e. The summed E-state index contributed by atoms with van der Waals surface area (Å²) < 4.78 is 43.0. The molecular formula is C18H15F3N4O2. The first-order chi connectivity index (χ1) is 12.8. The molecule has 0 saturated heterocycles. The van der Waals surface area contributed by atoms with Crippen LogP contribution >= 0.6 is 0 Å². The van der Waals surface area contributed by atoms with Crippen molar-refractivity contribution >= 4 is 17.5 Å². The lowest BCUT2D eigenvalue weighted by Gasteiger charge is -2.10. The lowest BCUT2D eigenvalue weighted by Crippen LogP contribution is -2.24. The van der Waals surface area contributed by atoms with Crippen molar-refractivity contribution in [1.29, 1.82) is 0 Å². The third kappa shape index (κ3) is 4.84. The number of nitrogens with one attached hydrogen (secondary N) is 2. The topological polar surface area (TPSA) is 80.0 Å². The molecule has 0 spiro atoms. The third-order valence-corrected chi connectivity index (χ3v) is 3.56. The van der Waals surface area contributed by atoms with Gasteiger partial charge in [-0.05, 0) is 49.4 Å². The highest BCUT2D eigenvalue weighted by atomic mass is 19.4. The van der Waals surface area contributed by atoms with Gasteiger partial charge in [0.1, 0.15) is 11.5 Å². The van der Waals surface area contributed by atoms with Gasteiger partial charge < -0.3 is 15.1 Å². The van der Waals surface area contributed by atoms with Gasteiger partial charge >= 0.3 is 6.18 Å². The van der Waals surface area contributed by atoms with E-state index in [1.165, 1.54) is 24.5 Å². The van der Waals surface area contributed by atoms with Gasteiger partial charge in [-0.25, -0.2) is 9.97 Å². The summed E-state index contributed by atoms with van der Waals surface area (Å²) in [7, 11) is 0. The fourth-order valence-electron chi connectivity index (χ4n) is 2.28. The number of rotatable bonds is 5. The van der Waals surface area contributed by atoms with E-state index < -0.39 is 17.6 Å². The van der Waals surface area contributed by atoms with E-state index in [2.05, 4.69) is 20.6 Å². The fraction of sp³-hybridized carbons (Fsp3) is 0.167. The number of aryl methyl sites for hydroxylation is 1. The summed E-state index contributed by atoms with van der Waals surface area (Å²) in [6, 6.07) is 9.39. The Bertz CT molecular complexity index is 923. The van der Waals surface area contributed by atoms with Crippen LogP contribution in [0.5, 0.6) is 0 Å². The summed E-state index contributed by atoms with van der Waals surface area (Å²) in [5.41, 5.74) is 0.276. The van der Waals surface area contributed by atoms with Gasteiger partial charge in [0, 0.05) is 11.4 Å². The third-order valence-electron chi connectivity index (χ3n) is 3.56. The molecule has 0 unspecified atom stereocenters. The van der Waals surface area contributed by atoms with Gasteiger partial charge in [0.2, 0.25) is 5.95 Å². The van der Waals surface area contributed by atoms with Crippen molar-refractivity contribution in [3.63, 3.8) is 0 Å². The van der Waals surface area contributed by atoms with Crippen LogP contribution < -0.4 is 10.6 Å². The number of anilines is 2. The van der Waals surface area contributed by atoms with E-state index in [1.54, 1.807) is 19.1 Å². The summed E-state index contributed by atoms with van der Waals surface area (Å²) in [6.07, 6.45) is -2.90. The number of alkyl halides is 3. The summed E-state index contributed by atoms with van der Waals surface area (Å²) >= 11 is 0. The molecule has 3 aromatic rings. The Kier molecular flexibility index (Phi) is 5.11. The van der Waals surface area contributed by atoms with Crippen molar-refractivity contribution in [1.82, 2.24) is 15.3 Å².